The molecule has 5 nitrogen and oxygen atoms in total. The third-order valence-corrected chi connectivity index (χ3v) is 4.05. The molecule has 1 fully saturated rings. The number of nitrogens with one attached hydrogen (secondary N) is 1. The summed E-state index contributed by atoms with van der Waals surface area (Å²) >= 11 is 1.37. The van der Waals surface area contributed by atoms with E-state index < -0.39 is 23.5 Å². The van der Waals surface area contributed by atoms with Crippen LogP contribution in [0.3, 0.4) is 0 Å². The molecule has 0 aromatic carbocycles. The summed E-state index contributed by atoms with van der Waals surface area (Å²) in [6, 6.07) is 0. The summed E-state index contributed by atoms with van der Waals surface area (Å²) in [6.45, 7) is 0.0791. The van der Waals surface area contributed by atoms with Crippen molar-refractivity contribution in [2.45, 2.75) is 25.2 Å². The van der Waals surface area contributed by atoms with Gasteiger partial charge < -0.3 is 0 Å². The van der Waals surface area contributed by atoms with Gasteiger partial charge in [0.1, 0.15) is 0 Å². The van der Waals surface area contributed by atoms with E-state index in [1.54, 1.807) is 10.8 Å². The fourth-order valence-electron chi connectivity index (χ4n) is 2.24. The van der Waals surface area contributed by atoms with E-state index in [1.165, 1.54) is 11.3 Å². The topological polar surface area (TPSA) is 66.5 Å². The molecule has 0 radical (unpaired) electrons. The fraction of sp³-hybridized carbons (Fsp3) is 0.364. The van der Waals surface area contributed by atoms with Crippen LogP contribution in [-0.2, 0) is 16.1 Å². The molecule has 2 aliphatic rings. The quantitative estimate of drug-likeness (QED) is 0.605. The minimum Gasteiger partial charge on any atom is -0.294 e. The molecule has 3 rings (SSSR count). The van der Waals surface area contributed by atoms with Crippen molar-refractivity contribution in [1.82, 2.24) is 10.2 Å². The smallest absolute Gasteiger partial charge is 0.285 e. The molecule has 1 N–H and O–H groups in total. The second kappa shape index (κ2) is 3.61. The number of amides is 3. The molecule has 0 bridgehead atoms. The first-order valence-electron chi connectivity index (χ1n) is 5.42. The number of imide groups is 1. The SMILES string of the molecule is O=C1CCC(F)(N2Cc3cscc3C2=O)C(=O)N1. The Morgan fingerprint density at radius 3 is 2.78 bits per heavy atom. The van der Waals surface area contributed by atoms with Gasteiger partial charge in [0.25, 0.3) is 17.6 Å². The van der Waals surface area contributed by atoms with Crippen LogP contribution in [0.4, 0.5) is 4.39 Å². The summed E-state index contributed by atoms with van der Waals surface area (Å²) < 4.78 is 14.7. The van der Waals surface area contributed by atoms with Crippen molar-refractivity contribution in [3.8, 4) is 0 Å². The van der Waals surface area contributed by atoms with Crippen LogP contribution in [0.5, 0.6) is 0 Å². The lowest BCUT2D eigenvalue weighted by Crippen LogP contribution is -2.60. The van der Waals surface area contributed by atoms with Gasteiger partial charge in [0.05, 0.1) is 12.1 Å². The van der Waals surface area contributed by atoms with Crippen molar-refractivity contribution < 1.29 is 18.8 Å². The number of carbonyl (C=O) groups is 3. The third-order valence-electron chi connectivity index (χ3n) is 3.26. The van der Waals surface area contributed by atoms with Gasteiger partial charge >= 0.3 is 0 Å². The molecular weight excluding hydrogens is 259 g/mol. The summed E-state index contributed by atoms with van der Waals surface area (Å²) in [5.74, 6) is -4.45. The monoisotopic (exact) mass is 268 g/mol. The predicted molar refractivity (Wildman–Crippen MR) is 60.4 cm³/mol. The second-order valence-electron chi connectivity index (χ2n) is 4.34. The summed E-state index contributed by atoms with van der Waals surface area (Å²) in [4.78, 5) is 35.6. The van der Waals surface area contributed by atoms with E-state index in [0.29, 0.717) is 5.56 Å². The van der Waals surface area contributed by atoms with Crippen LogP contribution < -0.4 is 5.32 Å². The highest BCUT2D eigenvalue weighted by molar-refractivity contribution is 7.08. The summed E-state index contributed by atoms with van der Waals surface area (Å²) in [5.41, 5.74) is 1.17. The lowest BCUT2D eigenvalue weighted by Gasteiger charge is -2.35. The van der Waals surface area contributed by atoms with Crippen molar-refractivity contribution in [1.29, 1.82) is 0 Å². The summed E-state index contributed by atoms with van der Waals surface area (Å²) in [7, 11) is 0. The Morgan fingerprint density at radius 2 is 2.11 bits per heavy atom. The minimum atomic E-state index is -2.41. The van der Waals surface area contributed by atoms with Crippen molar-refractivity contribution in [3.05, 3.63) is 21.9 Å². The number of fused-ring (bicyclic) bond motifs is 1. The Bertz CT molecular complexity index is 570. The molecule has 0 spiro atoms. The highest BCUT2D eigenvalue weighted by Crippen LogP contribution is 2.36. The van der Waals surface area contributed by atoms with E-state index in [-0.39, 0.29) is 19.4 Å². The Labute approximate surface area is 106 Å². The Morgan fingerprint density at radius 1 is 1.33 bits per heavy atom. The molecule has 1 atom stereocenters. The van der Waals surface area contributed by atoms with Gasteiger partial charge in [-0.3, -0.25) is 24.6 Å². The van der Waals surface area contributed by atoms with Crippen LogP contribution in [0.15, 0.2) is 10.8 Å². The zero-order valence-electron chi connectivity index (χ0n) is 9.23. The molecule has 3 heterocycles. The standard InChI is InChI=1S/C11H9FN2O3S/c12-11(2-1-8(15)13-10(11)17)14-3-6-4-18-5-7(6)9(14)16/h4-5H,1-3H2,(H,13,15,17). The number of nitrogens with zero attached hydrogens (tertiary/aromatic N) is 1. The normalized spacial score (nSPS) is 27.4. The van der Waals surface area contributed by atoms with Gasteiger partial charge in [-0.15, -0.1) is 0 Å². The maximum absolute atomic E-state index is 14.7. The summed E-state index contributed by atoms with van der Waals surface area (Å²) in [6.07, 6.45) is -0.379. The Balaban J connectivity index is 1.92. The molecular formula is C11H9FN2O3S. The molecule has 1 unspecified atom stereocenters. The van der Waals surface area contributed by atoms with Crippen LogP contribution in [0.25, 0.3) is 0 Å². The Hall–Kier alpha value is -1.76. The van der Waals surface area contributed by atoms with E-state index >= 15 is 0 Å². The molecule has 0 saturated carbocycles. The van der Waals surface area contributed by atoms with Gasteiger partial charge in [-0.1, -0.05) is 0 Å². The Kier molecular flexibility index (Phi) is 2.28. The molecule has 18 heavy (non-hydrogen) atoms. The minimum absolute atomic E-state index is 0.0791. The lowest BCUT2D eigenvalue weighted by atomic mass is 10.0. The third kappa shape index (κ3) is 1.40. The van der Waals surface area contributed by atoms with Crippen LogP contribution in [0.1, 0.15) is 28.8 Å². The number of thiophene rings is 1. The van der Waals surface area contributed by atoms with Gasteiger partial charge in [0.15, 0.2) is 0 Å². The maximum Gasteiger partial charge on any atom is 0.285 e. The first kappa shape index (κ1) is 11.3. The molecule has 94 valence electrons. The second-order valence-corrected chi connectivity index (χ2v) is 5.08. The number of piperidine rings is 1. The maximum atomic E-state index is 14.7. The van der Waals surface area contributed by atoms with Crippen molar-refractivity contribution in [3.63, 3.8) is 0 Å². The first-order chi connectivity index (χ1) is 8.52. The number of rotatable bonds is 1. The van der Waals surface area contributed by atoms with Crippen molar-refractivity contribution >= 4 is 29.1 Å². The highest BCUT2D eigenvalue weighted by atomic mass is 32.1. The first-order valence-corrected chi connectivity index (χ1v) is 6.37. The average Bonchev–Trinajstić information content (AvgIpc) is 2.88. The van der Waals surface area contributed by atoms with E-state index in [0.717, 1.165) is 10.5 Å². The average molecular weight is 268 g/mol. The number of alkyl halides is 1. The molecule has 0 aliphatic carbocycles. The van der Waals surface area contributed by atoms with Crippen LogP contribution in [0, 0.1) is 0 Å². The predicted octanol–water partition coefficient (Wildman–Crippen LogP) is 0.806. The van der Waals surface area contributed by atoms with E-state index in [4.69, 9.17) is 0 Å². The van der Waals surface area contributed by atoms with Gasteiger partial charge in [-0.2, -0.15) is 11.3 Å². The number of hydrogen-bond donors (Lipinski definition) is 1. The molecule has 1 saturated heterocycles. The summed E-state index contributed by atoms with van der Waals surface area (Å²) in [5, 5.41) is 5.35. The molecule has 7 heteroatoms. The zero-order chi connectivity index (χ0) is 12.9. The number of carbonyl (C=O) groups excluding carboxylic acids is 3. The van der Waals surface area contributed by atoms with Gasteiger partial charge in [-0.05, 0) is 10.9 Å². The molecule has 3 amide bonds. The number of hydrogen-bond acceptors (Lipinski definition) is 4. The van der Waals surface area contributed by atoms with Gasteiger partial charge in [-0.25, -0.2) is 4.39 Å². The molecule has 1 aromatic heterocycles. The van der Waals surface area contributed by atoms with Gasteiger partial charge in [0.2, 0.25) is 5.91 Å². The van der Waals surface area contributed by atoms with Crippen LogP contribution in [0.2, 0.25) is 0 Å². The van der Waals surface area contributed by atoms with E-state index in [9.17, 15) is 18.8 Å². The molecule has 2 aliphatic heterocycles. The van der Waals surface area contributed by atoms with Crippen molar-refractivity contribution in [2.24, 2.45) is 0 Å². The largest absolute Gasteiger partial charge is 0.294 e. The van der Waals surface area contributed by atoms with E-state index in [1.807, 2.05) is 5.32 Å². The van der Waals surface area contributed by atoms with Crippen LogP contribution >= 0.6 is 11.3 Å². The van der Waals surface area contributed by atoms with Crippen molar-refractivity contribution in [2.75, 3.05) is 0 Å². The zero-order valence-corrected chi connectivity index (χ0v) is 10.1. The molecule has 1 aromatic rings. The van der Waals surface area contributed by atoms with E-state index in [2.05, 4.69) is 0 Å². The fourth-order valence-corrected chi connectivity index (χ4v) is 3.06. The highest BCUT2D eigenvalue weighted by Gasteiger charge is 2.52. The van der Waals surface area contributed by atoms with Crippen LogP contribution in [-0.4, -0.2) is 28.4 Å². The number of halogens is 1. The van der Waals surface area contributed by atoms with Gasteiger partial charge in [0, 0.05) is 18.2 Å². The lowest BCUT2D eigenvalue weighted by molar-refractivity contribution is -0.154.